The van der Waals surface area contributed by atoms with Crippen LogP contribution >= 0.6 is 23.2 Å². The van der Waals surface area contributed by atoms with Crippen molar-refractivity contribution < 1.29 is 9.90 Å². The maximum absolute atomic E-state index is 10.4. The van der Waals surface area contributed by atoms with Gasteiger partial charge in [0.05, 0.1) is 10.0 Å². The van der Waals surface area contributed by atoms with E-state index in [-0.39, 0.29) is 0 Å². The number of rotatable bonds is 3. The molecule has 0 unspecified atom stereocenters. The van der Waals surface area contributed by atoms with E-state index in [1.54, 1.807) is 19.1 Å². The molecule has 1 N–H and O–H groups in total. The molecule has 0 aliphatic carbocycles. The lowest BCUT2D eigenvalue weighted by atomic mass is 10.1. The molecule has 0 atom stereocenters. The fourth-order valence-corrected chi connectivity index (χ4v) is 1.55. The monoisotopic (exact) mass is 244 g/mol. The molecule has 0 amide bonds. The van der Waals surface area contributed by atoms with Crippen LogP contribution in [0.3, 0.4) is 0 Å². The maximum Gasteiger partial charge on any atom is 0.328 e. The highest BCUT2D eigenvalue weighted by Crippen LogP contribution is 2.23. The second-order valence-corrected chi connectivity index (χ2v) is 4.07. The summed E-state index contributed by atoms with van der Waals surface area (Å²) in [6, 6.07) is 5.27. The van der Waals surface area contributed by atoms with E-state index >= 15 is 0 Å². The molecule has 1 aromatic rings. The van der Waals surface area contributed by atoms with Crippen LogP contribution in [-0.2, 0) is 11.2 Å². The van der Waals surface area contributed by atoms with Gasteiger partial charge in [0, 0.05) is 6.08 Å². The number of carboxylic acids is 1. The lowest BCUT2D eigenvalue weighted by molar-refractivity contribution is -0.131. The molecule has 0 saturated heterocycles. The fraction of sp³-hybridized carbons (Fsp3) is 0.182. The lowest BCUT2D eigenvalue weighted by Gasteiger charge is -2.02. The Kier molecular flexibility index (Phi) is 4.18. The van der Waals surface area contributed by atoms with E-state index in [0.717, 1.165) is 11.1 Å². The molecule has 4 heteroatoms. The van der Waals surface area contributed by atoms with Gasteiger partial charge in [-0.05, 0) is 31.0 Å². The Morgan fingerprint density at radius 3 is 2.60 bits per heavy atom. The van der Waals surface area contributed by atoms with Crippen molar-refractivity contribution in [3.63, 3.8) is 0 Å². The van der Waals surface area contributed by atoms with Crippen LogP contribution in [0, 0.1) is 0 Å². The van der Waals surface area contributed by atoms with E-state index in [1.165, 1.54) is 6.08 Å². The molecule has 0 radical (unpaired) electrons. The molecule has 0 bridgehead atoms. The zero-order chi connectivity index (χ0) is 11.4. The molecule has 0 saturated carbocycles. The van der Waals surface area contributed by atoms with Gasteiger partial charge in [0.25, 0.3) is 0 Å². The quantitative estimate of drug-likeness (QED) is 0.826. The third-order valence-corrected chi connectivity index (χ3v) is 2.58. The number of hydrogen-bond donors (Lipinski definition) is 1. The molecule has 0 aliphatic rings. The molecular formula is C11H10Cl2O2. The van der Waals surface area contributed by atoms with Crippen molar-refractivity contribution >= 4 is 29.2 Å². The standard InChI is InChI=1S/C11H10Cl2O2/c1-7(5-11(14)15)4-8-2-3-9(12)10(13)6-8/h2-3,5-6H,4H2,1H3,(H,14,15)/b7-5+. The van der Waals surface area contributed by atoms with Crippen LogP contribution in [0.5, 0.6) is 0 Å². The first-order chi connectivity index (χ1) is 6.99. The Balaban J connectivity index is 2.82. The van der Waals surface area contributed by atoms with Gasteiger partial charge in [0.2, 0.25) is 0 Å². The average molecular weight is 245 g/mol. The van der Waals surface area contributed by atoms with Crippen LogP contribution in [0.15, 0.2) is 29.8 Å². The summed E-state index contributed by atoms with van der Waals surface area (Å²) >= 11 is 11.6. The third kappa shape index (κ3) is 3.94. The number of allylic oxidation sites excluding steroid dienone is 1. The summed E-state index contributed by atoms with van der Waals surface area (Å²) in [5.74, 6) is -0.937. The van der Waals surface area contributed by atoms with Crippen LogP contribution in [0.2, 0.25) is 10.0 Å². The van der Waals surface area contributed by atoms with Gasteiger partial charge < -0.3 is 5.11 Å². The number of aliphatic carboxylic acids is 1. The van der Waals surface area contributed by atoms with E-state index in [0.29, 0.717) is 16.5 Å². The molecule has 80 valence electrons. The van der Waals surface area contributed by atoms with Crippen molar-refractivity contribution in [2.24, 2.45) is 0 Å². The first-order valence-electron chi connectivity index (χ1n) is 4.33. The molecule has 0 aromatic heterocycles. The van der Waals surface area contributed by atoms with E-state index in [9.17, 15) is 4.79 Å². The Morgan fingerprint density at radius 2 is 2.07 bits per heavy atom. The Morgan fingerprint density at radius 1 is 1.40 bits per heavy atom. The minimum atomic E-state index is -0.937. The van der Waals surface area contributed by atoms with E-state index in [2.05, 4.69) is 0 Å². The van der Waals surface area contributed by atoms with E-state index in [4.69, 9.17) is 28.3 Å². The van der Waals surface area contributed by atoms with Crippen molar-refractivity contribution in [3.05, 3.63) is 45.5 Å². The highest BCUT2D eigenvalue weighted by molar-refractivity contribution is 6.42. The van der Waals surface area contributed by atoms with Gasteiger partial charge in [-0.1, -0.05) is 34.8 Å². The summed E-state index contributed by atoms with van der Waals surface area (Å²) in [4.78, 5) is 10.4. The molecule has 0 spiro atoms. The highest BCUT2D eigenvalue weighted by atomic mass is 35.5. The van der Waals surface area contributed by atoms with Crippen molar-refractivity contribution in [2.45, 2.75) is 13.3 Å². The van der Waals surface area contributed by atoms with Crippen LogP contribution in [0.1, 0.15) is 12.5 Å². The minimum Gasteiger partial charge on any atom is -0.478 e. The Bertz CT molecular complexity index is 411. The van der Waals surface area contributed by atoms with Gasteiger partial charge in [-0.3, -0.25) is 0 Å². The Labute approximate surface area is 98.1 Å². The normalized spacial score (nSPS) is 11.5. The molecule has 0 aliphatic heterocycles. The van der Waals surface area contributed by atoms with Crippen LogP contribution < -0.4 is 0 Å². The first-order valence-corrected chi connectivity index (χ1v) is 5.08. The largest absolute Gasteiger partial charge is 0.478 e. The van der Waals surface area contributed by atoms with Crippen molar-refractivity contribution in [2.75, 3.05) is 0 Å². The summed E-state index contributed by atoms with van der Waals surface area (Å²) in [7, 11) is 0. The zero-order valence-corrected chi connectivity index (χ0v) is 9.64. The summed E-state index contributed by atoms with van der Waals surface area (Å²) in [5, 5.41) is 9.52. The second kappa shape index (κ2) is 5.19. The predicted octanol–water partition coefficient (Wildman–Crippen LogP) is 3.57. The number of carboxylic acid groups (broad SMARTS) is 1. The van der Waals surface area contributed by atoms with Gasteiger partial charge in [0.1, 0.15) is 0 Å². The van der Waals surface area contributed by atoms with Gasteiger partial charge in [-0.15, -0.1) is 0 Å². The zero-order valence-electron chi connectivity index (χ0n) is 8.13. The van der Waals surface area contributed by atoms with Gasteiger partial charge >= 0.3 is 5.97 Å². The van der Waals surface area contributed by atoms with Crippen LogP contribution in [0.4, 0.5) is 0 Å². The molecule has 15 heavy (non-hydrogen) atoms. The van der Waals surface area contributed by atoms with Gasteiger partial charge in [-0.2, -0.15) is 0 Å². The maximum atomic E-state index is 10.4. The van der Waals surface area contributed by atoms with Crippen molar-refractivity contribution in [1.29, 1.82) is 0 Å². The topological polar surface area (TPSA) is 37.3 Å². The number of halogens is 2. The molecule has 0 heterocycles. The number of hydrogen-bond acceptors (Lipinski definition) is 1. The van der Waals surface area contributed by atoms with Crippen molar-refractivity contribution in [1.82, 2.24) is 0 Å². The van der Waals surface area contributed by atoms with Gasteiger partial charge in [-0.25, -0.2) is 4.79 Å². The van der Waals surface area contributed by atoms with Crippen molar-refractivity contribution in [3.8, 4) is 0 Å². The Hall–Kier alpha value is -0.990. The van der Waals surface area contributed by atoms with Crippen LogP contribution in [-0.4, -0.2) is 11.1 Å². The second-order valence-electron chi connectivity index (χ2n) is 3.25. The highest BCUT2D eigenvalue weighted by Gasteiger charge is 2.01. The summed E-state index contributed by atoms with van der Waals surface area (Å²) in [6.07, 6.45) is 1.74. The molecule has 0 fully saturated rings. The lowest BCUT2D eigenvalue weighted by Crippen LogP contribution is -1.93. The minimum absolute atomic E-state index is 0.484. The van der Waals surface area contributed by atoms with Crippen LogP contribution in [0.25, 0.3) is 0 Å². The number of carbonyl (C=O) groups is 1. The van der Waals surface area contributed by atoms with E-state index in [1.807, 2.05) is 6.07 Å². The first kappa shape index (κ1) is 12.1. The molecule has 1 rings (SSSR count). The summed E-state index contributed by atoms with van der Waals surface area (Å²) in [5.41, 5.74) is 1.71. The van der Waals surface area contributed by atoms with Gasteiger partial charge in [0.15, 0.2) is 0 Å². The third-order valence-electron chi connectivity index (χ3n) is 1.84. The smallest absolute Gasteiger partial charge is 0.328 e. The number of benzene rings is 1. The van der Waals surface area contributed by atoms with E-state index < -0.39 is 5.97 Å². The molecule has 2 nitrogen and oxygen atoms in total. The predicted molar refractivity (Wildman–Crippen MR) is 61.6 cm³/mol. The molecule has 1 aromatic carbocycles. The summed E-state index contributed by atoms with van der Waals surface area (Å²) in [6.45, 7) is 1.76. The summed E-state index contributed by atoms with van der Waals surface area (Å²) < 4.78 is 0. The molecular weight excluding hydrogens is 235 g/mol. The fourth-order valence-electron chi connectivity index (χ4n) is 1.23. The SMILES string of the molecule is C/C(=C\C(=O)O)Cc1ccc(Cl)c(Cl)c1. The average Bonchev–Trinajstić information content (AvgIpc) is 2.10.